The summed E-state index contributed by atoms with van der Waals surface area (Å²) in [6.45, 7) is 3.79. The number of amides is 1. The zero-order valence-corrected chi connectivity index (χ0v) is 16.4. The zero-order valence-electron chi connectivity index (χ0n) is 16.4. The summed E-state index contributed by atoms with van der Waals surface area (Å²) in [5.74, 6) is 0.699. The molecule has 0 atom stereocenters. The Labute approximate surface area is 165 Å². The van der Waals surface area contributed by atoms with Crippen LogP contribution < -0.4 is 5.69 Å². The van der Waals surface area contributed by atoms with Crippen molar-refractivity contribution in [1.82, 2.24) is 14.5 Å². The van der Waals surface area contributed by atoms with E-state index in [-0.39, 0.29) is 18.1 Å². The lowest BCUT2D eigenvalue weighted by molar-refractivity contribution is -0.133. The monoisotopic (exact) mass is 377 g/mol. The number of fused-ring (bicyclic) bond motifs is 1. The maximum atomic E-state index is 12.7. The second-order valence-corrected chi connectivity index (χ2v) is 7.88. The van der Waals surface area contributed by atoms with Crippen LogP contribution in [-0.2, 0) is 17.8 Å². The standard InChI is InChI=1S/C23H27N3O2/c1-17-6-8-18(9-7-17)10-11-19-12-14-25(15-13-19)22(27)16-26-21-5-3-2-4-20(21)24-23(26)28/h2-9,19H,10-16H2,1H3,(H,24,28). The molecule has 1 aromatic heterocycles. The Morgan fingerprint density at radius 1 is 1.07 bits per heavy atom. The van der Waals surface area contributed by atoms with Crippen molar-refractivity contribution in [3.63, 3.8) is 0 Å². The molecule has 1 fully saturated rings. The van der Waals surface area contributed by atoms with Crippen LogP contribution in [0.5, 0.6) is 0 Å². The van der Waals surface area contributed by atoms with Gasteiger partial charge < -0.3 is 9.88 Å². The molecule has 0 aliphatic carbocycles. The van der Waals surface area contributed by atoms with Gasteiger partial charge in [0, 0.05) is 13.1 Å². The molecule has 3 aromatic rings. The van der Waals surface area contributed by atoms with Crippen LogP contribution in [0.2, 0.25) is 0 Å². The minimum atomic E-state index is -0.220. The van der Waals surface area contributed by atoms with Crippen LogP contribution in [0.25, 0.3) is 11.0 Å². The minimum absolute atomic E-state index is 0.0313. The first-order chi connectivity index (χ1) is 13.6. The number of nitrogens with one attached hydrogen (secondary N) is 1. The number of carbonyl (C=O) groups excluding carboxylic acids is 1. The van der Waals surface area contributed by atoms with Crippen LogP contribution in [0.3, 0.4) is 0 Å². The molecule has 28 heavy (non-hydrogen) atoms. The molecule has 1 saturated heterocycles. The summed E-state index contributed by atoms with van der Waals surface area (Å²) in [7, 11) is 0. The molecule has 1 aliphatic heterocycles. The summed E-state index contributed by atoms with van der Waals surface area (Å²) in [6, 6.07) is 16.3. The van der Waals surface area contributed by atoms with Crippen molar-refractivity contribution in [2.24, 2.45) is 5.92 Å². The molecule has 2 aromatic carbocycles. The lowest BCUT2D eigenvalue weighted by atomic mass is 9.90. The molecular formula is C23H27N3O2. The van der Waals surface area contributed by atoms with Gasteiger partial charge in [-0.3, -0.25) is 9.36 Å². The van der Waals surface area contributed by atoms with Gasteiger partial charge in [-0.05, 0) is 56.2 Å². The van der Waals surface area contributed by atoms with Crippen molar-refractivity contribution in [1.29, 1.82) is 0 Å². The average Bonchev–Trinajstić information content (AvgIpc) is 3.03. The molecule has 0 bridgehead atoms. The van der Waals surface area contributed by atoms with Gasteiger partial charge in [-0.2, -0.15) is 0 Å². The molecular weight excluding hydrogens is 350 g/mol. The number of likely N-dealkylation sites (tertiary alicyclic amines) is 1. The van der Waals surface area contributed by atoms with E-state index in [4.69, 9.17) is 0 Å². The number of benzene rings is 2. The number of aromatic nitrogens is 2. The smallest absolute Gasteiger partial charge is 0.326 e. The van der Waals surface area contributed by atoms with Crippen molar-refractivity contribution in [3.05, 3.63) is 70.1 Å². The molecule has 5 nitrogen and oxygen atoms in total. The van der Waals surface area contributed by atoms with E-state index in [1.54, 1.807) is 4.57 Å². The van der Waals surface area contributed by atoms with Gasteiger partial charge in [0.15, 0.2) is 0 Å². The van der Waals surface area contributed by atoms with Gasteiger partial charge in [0.2, 0.25) is 5.91 Å². The Kier molecular flexibility index (Phi) is 5.33. The number of piperidine rings is 1. The second-order valence-electron chi connectivity index (χ2n) is 7.88. The highest BCUT2D eigenvalue weighted by Crippen LogP contribution is 2.23. The fraction of sp³-hybridized carbons (Fsp3) is 0.391. The molecule has 0 unspecified atom stereocenters. The SMILES string of the molecule is Cc1ccc(CCC2CCN(C(=O)Cn3c(=O)[nH]c4ccccc43)CC2)cc1. The third-order valence-corrected chi connectivity index (χ3v) is 5.90. The van der Waals surface area contributed by atoms with Gasteiger partial charge in [-0.1, -0.05) is 42.0 Å². The highest BCUT2D eigenvalue weighted by Gasteiger charge is 2.23. The zero-order chi connectivity index (χ0) is 19.5. The van der Waals surface area contributed by atoms with E-state index in [1.807, 2.05) is 29.2 Å². The number of para-hydroxylation sites is 2. The number of rotatable bonds is 5. The summed E-state index contributed by atoms with van der Waals surface area (Å²) >= 11 is 0. The van der Waals surface area contributed by atoms with Crippen LogP contribution in [0, 0.1) is 12.8 Å². The van der Waals surface area contributed by atoms with Crippen LogP contribution in [0.1, 0.15) is 30.4 Å². The highest BCUT2D eigenvalue weighted by atomic mass is 16.2. The molecule has 1 amide bonds. The predicted octanol–water partition coefficient (Wildman–Crippen LogP) is 3.51. The first kappa shape index (κ1) is 18.5. The summed E-state index contributed by atoms with van der Waals surface area (Å²) < 4.78 is 1.54. The lowest BCUT2D eigenvalue weighted by Crippen LogP contribution is -2.41. The maximum absolute atomic E-state index is 12.7. The third-order valence-electron chi connectivity index (χ3n) is 5.90. The van der Waals surface area contributed by atoms with Gasteiger partial charge >= 0.3 is 5.69 Å². The van der Waals surface area contributed by atoms with Crippen LogP contribution in [-0.4, -0.2) is 33.4 Å². The van der Waals surface area contributed by atoms with Crippen LogP contribution in [0.15, 0.2) is 53.3 Å². The van der Waals surface area contributed by atoms with E-state index in [2.05, 4.69) is 36.2 Å². The van der Waals surface area contributed by atoms with Gasteiger partial charge in [0.25, 0.3) is 0 Å². The second kappa shape index (κ2) is 8.05. The number of H-pyrrole nitrogens is 1. The van der Waals surface area contributed by atoms with E-state index in [0.717, 1.165) is 43.4 Å². The van der Waals surface area contributed by atoms with Crippen LogP contribution in [0.4, 0.5) is 0 Å². The topological polar surface area (TPSA) is 58.1 Å². The number of aryl methyl sites for hydroxylation is 2. The van der Waals surface area contributed by atoms with E-state index in [1.165, 1.54) is 17.5 Å². The molecule has 0 saturated carbocycles. The Balaban J connectivity index is 1.31. The Hall–Kier alpha value is -2.82. The molecule has 4 rings (SSSR count). The van der Waals surface area contributed by atoms with Crippen molar-refractivity contribution in [2.45, 2.75) is 39.2 Å². The van der Waals surface area contributed by atoms with Gasteiger partial charge in [0.1, 0.15) is 6.54 Å². The highest BCUT2D eigenvalue weighted by molar-refractivity contribution is 5.80. The molecule has 0 radical (unpaired) electrons. The number of imidazole rings is 1. The molecule has 5 heteroatoms. The first-order valence-corrected chi connectivity index (χ1v) is 10.1. The van der Waals surface area contributed by atoms with E-state index < -0.39 is 0 Å². The fourth-order valence-corrected chi connectivity index (χ4v) is 4.10. The predicted molar refractivity (Wildman–Crippen MR) is 111 cm³/mol. The van der Waals surface area contributed by atoms with Gasteiger partial charge in [-0.15, -0.1) is 0 Å². The number of nitrogens with zero attached hydrogens (tertiary/aromatic N) is 2. The largest absolute Gasteiger partial charge is 0.341 e. The number of hydrogen-bond donors (Lipinski definition) is 1. The normalized spacial score (nSPS) is 15.2. The summed E-state index contributed by atoms with van der Waals surface area (Å²) in [5, 5.41) is 0. The summed E-state index contributed by atoms with van der Waals surface area (Å²) in [4.78, 5) is 29.6. The molecule has 1 N–H and O–H groups in total. The summed E-state index contributed by atoms with van der Waals surface area (Å²) in [6.07, 6.45) is 4.36. The Morgan fingerprint density at radius 3 is 2.54 bits per heavy atom. The average molecular weight is 377 g/mol. The summed E-state index contributed by atoms with van der Waals surface area (Å²) in [5.41, 5.74) is 4.03. The number of hydrogen-bond acceptors (Lipinski definition) is 2. The third kappa shape index (κ3) is 4.03. The van der Waals surface area contributed by atoms with E-state index >= 15 is 0 Å². The Bertz CT molecular complexity index is 1010. The van der Waals surface area contributed by atoms with Gasteiger partial charge in [0.05, 0.1) is 11.0 Å². The van der Waals surface area contributed by atoms with Crippen molar-refractivity contribution >= 4 is 16.9 Å². The van der Waals surface area contributed by atoms with Crippen molar-refractivity contribution in [2.75, 3.05) is 13.1 Å². The van der Waals surface area contributed by atoms with Crippen molar-refractivity contribution in [3.8, 4) is 0 Å². The molecule has 0 spiro atoms. The molecule has 146 valence electrons. The van der Waals surface area contributed by atoms with Crippen molar-refractivity contribution < 1.29 is 4.79 Å². The fourth-order valence-electron chi connectivity index (χ4n) is 4.10. The molecule has 2 heterocycles. The van der Waals surface area contributed by atoms with E-state index in [0.29, 0.717) is 5.92 Å². The number of aromatic amines is 1. The molecule has 1 aliphatic rings. The van der Waals surface area contributed by atoms with E-state index in [9.17, 15) is 9.59 Å². The minimum Gasteiger partial charge on any atom is -0.341 e. The Morgan fingerprint density at radius 2 is 1.79 bits per heavy atom. The lowest BCUT2D eigenvalue weighted by Gasteiger charge is -2.32. The first-order valence-electron chi connectivity index (χ1n) is 10.1. The van der Waals surface area contributed by atoms with Crippen LogP contribution >= 0.6 is 0 Å². The number of carbonyl (C=O) groups is 1. The maximum Gasteiger partial charge on any atom is 0.326 e. The van der Waals surface area contributed by atoms with Gasteiger partial charge in [-0.25, -0.2) is 4.79 Å². The quantitative estimate of drug-likeness (QED) is 0.740.